The lowest BCUT2D eigenvalue weighted by Crippen LogP contribution is -2.48. The Kier molecular flexibility index (Phi) is 3.82. The molecule has 0 bridgehead atoms. The minimum absolute atomic E-state index is 0.0991. The molecule has 0 radical (unpaired) electrons. The van der Waals surface area contributed by atoms with Crippen LogP contribution in [0.1, 0.15) is 26.7 Å². The van der Waals surface area contributed by atoms with Crippen LogP contribution in [-0.2, 0) is 4.79 Å². The molecule has 0 aromatic rings. The van der Waals surface area contributed by atoms with Crippen molar-refractivity contribution in [3.05, 3.63) is 0 Å². The fourth-order valence-electron chi connectivity index (χ4n) is 2.93. The molecule has 92 valence electrons. The normalized spacial score (nSPS) is 36.2. The zero-order chi connectivity index (χ0) is 11.5. The summed E-state index contributed by atoms with van der Waals surface area (Å²) < 4.78 is 0. The molecule has 2 aliphatic heterocycles. The smallest absolute Gasteiger partial charge is 0.217 e. The number of amides is 1. The van der Waals surface area contributed by atoms with Gasteiger partial charge >= 0.3 is 0 Å². The van der Waals surface area contributed by atoms with Crippen molar-refractivity contribution in [2.75, 3.05) is 26.2 Å². The quantitative estimate of drug-likeness (QED) is 0.705. The molecule has 0 aliphatic carbocycles. The van der Waals surface area contributed by atoms with Gasteiger partial charge in [0.15, 0.2) is 0 Å². The highest BCUT2D eigenvalue weighted by molar-refractivity contribution is 5.73. The van der Waals surface area contributed by atoms with Gasteiger partial charge in [0.2, 0.25) is 5.91 Å². The molecular weight excluding hydrogens is 202 g/mol. The molecule has 2 rings (SSSR count). The Morgan fingerprint density at radius 2 is 2.25 bits per heavy atom. The highest BCUT2D eigenvalue weighted by Crippen LogP contribution is 2.20. The van der Waals surface area contributed by atoms with Crippen molar-refractivity contribution in [2.24, 2.45) is 5.92 Å². The maximum absolute atomic E-state index is 11.0. The summed E-state index contributed by atoms with van der Waals surface area (Å²) in [5.74, 6) is 0.876. The van der Waals surface area contributed by atoms with Crippen molar-refractivity contribution in [3.63, 3.8) is 0 Å². The van der Waals surface area contributed by atoms with Gasteiger partial charge in [-0.05, 0) is 25.3 Å². The second-order valence-electron chi connectivity index (χ2n) is 5.33. The number of carbonyl (C=O) groups excluding carboxylic acids is 1. The lowest BCUT2D eigenvalue weighted by atomic mass is 9.97. The Morgan fingerprint density at radius 3 is 2.94 bits per heavy atom. The summed E-state index contributed by atoms with van der Waals surface area (Å²) >= 11 is 0. The molecule has 2 heterocycles. The molecule has 16 heavy (non-hydrogen) atoms. The molecule has 0 saturated carbocycles. The van der Waals surface area contributed by atoms with Crippen molar-refractivity contribution in [1.82, 2.24) is 15.5 Å². The summed E-state index contributed by atoms with van der Waals surface area (Å²) in [6.45, 7) is 8.33. The van der Waals surface area contributed by atoms with E-state index in [1.165, 1.54) is 6.42 Å². The van der Waals surface area contributed by atoms with Crippen LogP contribution in [0.2, 0.25) is 0 Å². The van der Waals surface area contributed by atoms with E-state index in [-0.39, 0.29) is 5.91 Å². The maximum Gasteiger partial charge on any atom is 0.217 e. The number of nitrogens with one attached hydrogen (secondary N) is 2. The number of nitrogens with zero attached hydrogens (tertiary/aromatic N) is 1. The van der Waals surface area contributed by atoms with E-state index in [1.807, 2.05) is 0 Å². The number of hydrogen-bond donors (Lipinski definition) is 2. The fraction of sp³-hybridized carbons (Fsp3) is 0.917. The van der Waals surface area contributed by atoms with Crippen LogP contribution in [0, 0.1) is 5.92 Å². The van der Waals surface area contributed by atoms with E-state index in [4.69, 9.17) is 0 Å². The summed E-state index contributed by atoms with van der Waals surface area (Å²) in [7, 11) is 0. The second kappa shape index (κ2) is 5.15. The summed E-state index contributed by atoms with van der Waals surface area (Å²) in [6.07, 6.45) is 2.39. The first-order chi connectivity index (χ1) is 7.65. The van der Waals surface area contributed by atoms with Gasteiger partial charge in [0.05, 0.1) is 0 Å². The van der Waals surface area contributed by atoms with Crippen LogP contribution in [0.5, 0.6) is 0 Å². The van der Waals surface area contributed by atoms with Crippen LogP contribution in [0.25, 0.3) is 0 Å². The molecule has 2 fully saturated rings. The molecule has 4 nitrogen and oxygen atoms in total. The van der Waals surface area contributed by atoms with E-state index in [1.54, 1.807) is 6.92 Å². The van der Waals surface area contributed by atoms with Gasteiger partial charge in [-0.25, -0.2) is 0 Å². The van der Waals surface area contributed by atoms with Gasteiger partial charge in [0.25, 0.3) is 0 Å². The van der Waals surface area contributed by atoms with Crippen molar-refractivity contribution >= 4 is 5.91 Å². The zero-order valence-corrected chi connectivity index (χ0v) is 10.3. The van der Waals surface area contributed by atoms with Crippen molar-refractivity contribution in [2.45, 2.75) is 38.8 Å². The number of likely N-dealkylation sites (tertiary alicyclic amines) is 1. The molecule has 2 N–H and O–H groups in total. The highest BCUT2D eigenvalue weighted by atomic mass is 16.1. The molecule has 1 amide bonds. The number of carbonyl (C=O) groups is 1. The van der Waals surface area contributed by atoms with Gasteiger partial charge in [0, 0.05) is 38.6 Å². The molecule has 2 saturated heterocycles. The first kappa shape index (κ1) is 11.9. The van der Waals surface area contributed by atoms with E-state index < -0.39 is 0 Å². The van der Waals surface area contributed by atoms with Gasteiger partial charge in [-0.2, -0.15) is 0 Å². The monoisotopic (exact) mass is 225 g/mol. The number of rotatable bonds is 2. The standard InChI is InChI=1S/C12H23N3O/c1-9-5-12(7-13-6-9)15-4-3-11(8-15)14-10(2)16/h9,11-13H,3-8H2,1-2H3,(H,14,16). The fourth-order valence-corrected chi connectivity index (χ4v) is 2.93. The average molecular weight is 225 g/mol. The molecule has 2 aliphatic rings. The van der Waals surface area contributed by atoms with Gasteiger partial charge in [-0.15, -0.1) is 0 Å². The summed E-state index contributed by atoms with van der Waals surface area (Å²) in [6, 6.07) is 1.04. The van der Waals surface area contributed by atoms with E-state index in [2.05, 4.69) is 22.5 Å². The molecule has 0 aromatic heterocycles. The topological polar surface area (TPSA) is 44.4 Å². The minimum atomic E-state index is 0.0991. The minimum Gasteiger partial charge on any atom is -0.352 e. The third-order valence-corrected chi connectivity index (χ3v) is 3.69. The largest absolute Gasteiger partial charge is 0.352 e. The van der Waals surface area contributed by atoms with E-state index in [0.717, 1.165) is 38.5 Å². The van der Waals surface area contributed by atoms with Crippen LogP contribution in [0.3, 0.4) is 0 Å². The van der Waals surface area contributed by atoms with Crippen LogP contribution < -0.4 is 10.6 Å². The predicted molar refractivity (Wildman–Crippen MR) is 64.2 cm³/mol. The predicted octanol–water partition coefficient (Wildman–Crippen LogP) is 0.195. The first-order valence-corrected chi connectivity index (χ1v) is 6.37. The van der Waals surface area contributed by atoms with Crippen molar-refractivity contribution in [1.29, 1.82) is 0 Å². The van der Waals surface area contributed by atoms with Crippen LogP contribution in [0.4, 0.5) is 0 Å². The molecule has 3 atom stereocenters. The Labute approximate surface area is 97.8 Å². The molecular formula is C12H23N3O. The molecule has 0 spiro atoms. The van der Waals surface area contributed by atoms with Crippen molar-refractivity contribution in [3.8, 4) is 0 Å². The summed E-state index contributed by atoms with van der Waals surface area (Å²) in [5, 5.41) is 6.51. The Balaban J connectivity index is 1.81. The third kappa shape index (κ3) is 2.95. The second-order valence-corrected chi connectivity index (χ2v) is 5.33. The lowest BCUT2D eigenvalue weighted by Gasteiger charge is -2.34. The van der Waals surface area contributed by atoms with Crippen LogP contribution in [0.15, 0.2) is 0 Å². The van der Waals surface area contributed by atoms with Gasteiger partial charge < -0.3 is 10.6 Å². The summed E-state index contributed by atoms with van der Waals surface area (Å²) in [5.41, 5.74) is 0. The molecule has 4 heteroatoms. The number of hydrogen-bond acceptors (Lipinski definition) is 3. The maximum atomic E-state index is 11.0. The Hall–Kier alpha value is -0.610. The molecule has 3 unspecified atom stereocenters. The number of piperidine rings is 1. The first-order valence-electron chi connectivity index (χ1n) is 6.37. The average Bonchev–Trinajstić information content (AvgIpc) is 2.65. The van der Waals surface area contributed by atoms with E-state index in [0.29, 0.717) is 12.1 Å². The van der Waals surface area contributed by atoms with Gasteiger partial charge in [0.1, 0.15) is 0 Å². The summed E-state index contributed by atoms with van der Waals surface area (Å²) in [4.78, 5) is 13.5. The third-order valence-electron chi connectivity index (χ3n) is 3.69. The molecule has 0 aromatic carbocycles. The van der Waals surface area contributed by atoms with Crippen molar-refractivity contribution < 1.29 is 4.79 Å². The van der Waals surface area contributed by atoms with Gasteiger partial charge in [-0.3, -0.25) is 9.69 Å². The highest BCUT2D eigenvalue weighted by Gasteiger charge is 2.30. The van der Waals surface area contributed by atoms with Crippen LogP contribution in [-0.4, -0.2) is 49.1 Å². The Bertz CT molecular complexity index is 257. The lowest BCUT2D eigenvalue weighted by molar-refractivity contribution is -0.119. The zero-order valence-electron chi connectivity index (χ0n) is 10.3. The Morgan fingerprint density at radius 1 is 1.44 bits per heavy atom. The van der Waals surface area contributed by atoms with E-state index in [9.17, 15) is 4.79 Å². The van der Waals surface area contributed by atoms with Crippen LogP contribution >= 0.6 is 0 Å². The van der Waals surface area contributed by atoms with Gasteiger partial charge in [-0.1, -0.05) is 6.92 Å². The SMILES string of the molecule is CC(=O)NC1CCN(C2CNCC(C)C2)C1. The van der Waals surface area contributed by atoms with E-state index >= 15 is 0 Å².